The Bertz CT molecular complexity index is 541. The fourth-order valence-corrected chi connectivity index (χ4v) is 1.68. The first-order chi connectivity index (χ1) is 8.79. The maximum atomic E-state index is 10.9. The van der Waals surface area contributed by atoms with Crippen molar-refractivity contribution < 1.29 is 9.53 Å². The monoisotopic (exact) mass is 241 g/mol. The number of hydrogen-bond donors (Lipinski definition) is 0. The number of nitrogens with zero attached hydrogens (tertiary/aromatic N) is 1. The Labute approximate surface area is 106 Å². The van der Waals surface area contributed by atoms with Crippen LogP contribution in [0.3, 0.4) is 0 Å². The summed E-state index contributed by atoms with van der Waals surface area (Å²) in [5.41, 5.74) is 2.28. The van der Waals surface area contributed by atoms with Crippen molar-refractivity contribution in [3.63, 3.8) is 0 Å². The lowest BCUT2D eigenvalue weighted by Gasteiger charge is -2.00. The molecule has 2 aromatic rings. The molecule has 0 saturated heterocycles. The van der Waals surface area contributed by atoms with Crippen molar-refractivity contribution in [3.05, 3.63) is 66.5 Å². The fraction of sp³-hybridized carbons (Fsp3) is 0.133. The second kappa shape index (κ2) is 5.87. The van der Waals surface area contributed by atoms with Crippen LogP contribution in [0.5, 0.6) is 0 Å². The minimum atomic E-state index is -0.322. The van der Waals surface area contributed by atoms with E-state index in [1.165, 1.54) is 13.2 Å². The molecule has 1 heterocycles. The van der Waals surface area contributed by atoms with Crippen molar-refractivity contribution in [1.82, 2.24) is 4.57 Å². The van der Waals surface area contributed by atoms with Crippen molar-refractivity contribution in [2.75, 3.05) is 7.11 Å². The van der Waals surface area contributed by atoms with Crippen LogP contribution in [-0.4, -0.2) is 17.6 Å². The van der Waals surface area contributed by atoms with Gasteiger partial charge in [-0.1, -0.05) is 24.3 Å². The highest BCUT2D eigenvalue weighted by Gasteiger charge is 1.97. The number of methoxy groups -OCH3 is 1. The molecule has 1 aromatic heterocycles. The molecule has 0 N–H and O–H groups in total. The van der Waals surface area contributed by atoms with E-state index in [0.29, 0.717) is 0 Å². The van der Waals surface area contributed by atoms with Crippen molar-refractivity contribution >= 4 is 5.97 Å². The highest BCUT2D eigenvalue weighted by Crippen LogP contribution is 2.10. The normalized spacial score (nSPS) is 10.7. The smallest absolute Gasteiger partial charge is 0.330 e. The van der Waals surface area contributed by atoms with E-state index in [-0.39, 0.29) is 5.97 Å². The molecule has 3 nitrogen and oxygen atoms in total. The van der Waals surface area contributed by atoms with Crippen molar-refractivity contribution in [1.29, 1.82) is 0 Å². The topological polar surface area (TPSA) is 31.2 Å². The summed E-state index contributed by atoms with van der Waals surface area (Å²) < 4.78 is 6.59. The highest BCUT2D eigenvalue weighted by molar-refractivity contribution is 5.81. The zero-order valence-corrected chi connectivity index (χ0v) is 10.2. The average molecular weight is 241 g/mol. The van der Waals surface area contributed by atoms with Gasteiger partial charge < -0.3 is 9.30 Å². The average Bonchev–Trinajstić information content (AvgIpc) is 2.88. The largest absolute Gasteiger partial charge is 0.466 e. The van der Waals surface area contributed by atoms with Crippen LogP contribution in [0, 0.1) is 0 Å². The third-order valence-corrected chi connectivity index (χ3v) is 2.62. The van der Waals surface area contributed by atoms with E-state index in [1.54, 1.807) is 6.08 Å². The predicted octanol–water partition coefficient (Wildman–Crippen LogP) is 2.75. The summed E-state index contributed by atoms with van der Waals surface area (Å²) >= 11 is 0. The summed E-state index contributed by atoms with van der Waals surface area (Å²) in [5, 5.41) is 0. The predicted molar refractivity (Wildman–Crippen MR) is 70.6 cm³/mol. The van der Waals surface area contributed by atoms with Gasteiger partial charge in [-0.05, 0) is 30.2 Å². The van der Waals surface area contributed by atoms with Crippen LogP contribution < -0.4 is 0 Å². The van der Waals surface area contributed by atoms with Crippen LogP contribution in [0.4, 0.5) is 0 Å². The van der Waals surface area contributed by atoms with Gasteiger partial charge in [0, 0.05) is 24.2 Å². The third kappa shape index (κ3) is 3.10. The van der Waals surface area contributed by atoms with Crippen LogP contribution in [0.15, 0.2) is 60.9 Å². The lowest BCUT2D eigenvalue weighted by Crippen LogP contribution is -1.94. The minimum Gasteiger partial charge on any atom is -0.466 e. The Morgan fingerprint density at radius 2 is 2.06 bits per heavy atom. The number of esters is 1. The van der Waals surface area contributed by atoms with Crippen LogP contribution in [0.1, 0.15) is 5.56 Å². The summed E-state index contributed by atoms with van der Waals surface area (Å²) in [6.45, 7) is 0. The highest BCUT2D eigenvalue weighted by atomic mass is 16.5. The van der Waals surface area contributed by atoms with Gasteiger partial charge in [-0.2, -0.15) is 0 Å². The molecule has 0 fully saturated rings. The summed E-state index contributed by atoms with van der Waals surface area (Å²) in [6, 6.07) is 12.1. The first-order valence-corrected chi connectivity index (χ1v) is 5.76. The molecule has 92 valence electrons. The van der Waals surface area contributed by atoms with Gasteiger partial charge >= 0.3 is 5.97 Å². The summed E-state index contributed by atoms with van der Waals surface area (Å²) in [6.07, 6.45) is 8.03. The standard InChI is InChI=1S/C15H15NO2/c1-18-15(17)9-5-6-13-10-11-16(12-13)14-7-3-2-4-8-14/h2-5,7-12H,6H2,1H3. The van der Waals surface area contributed by atoms with E-state index >= 15 is 0 Å². The van der Waals surface area contributed by atoms with Crippen molar-refractivity contribution in [3.8, 4) is 5.69 Å². The van der Waals surface area contributed by atoms with Gasteiger partial charge in [0.05, 0.1) is 7.11 Å². The zero-order valence-electron chi connectivity index (χ0n) is 10.2. The number of ether oxygens (including phenoxy) is 1. The summed E-state index contributed by atoms with van der Waals surface area (Å²) in [4.78, 5) is 10.9. The Morgan fingerprint density at radius 3 is 2.78 bits per heavy atom. The van der Waals surface area contributed by atoms with Gasteiger partial charge in [-0.25, -0.2) is 4.79 Å². The molecule has 0 amide bonds. The van der Waals surface area contributed by atoms with Crippen molar-refractivity contribution in [2.24, 2.45) is 0 Å². The summed E-state index contributed by atoms with van der Waals surface area (Å²) in [5.74, 6) is -0.322. The quantitative estimate of drug-likeness (QED) is 0.609. The Hall–Kier alpha value is -2.29. The number of hydrogen-bond acceptors (Lipinski definition) is 2. The van der Waals surface area contributed by atoms with E-state index < -0.39 is 0 Å². The van der Waals surface area contributed by atoms with Gasteiger partial charge in [0.15, 0.2) is 0 Å². The molecule has 3 heteroatoms. The van der Waals surface area contributed by atoms with E-state index in [4.69, 9.17) is 0 Å². The Kier molecular flexibility index (Phi) is 3.97. The molecular formula is C15H15NO2. The molecular weight excluding hydrogens is 226 g/mol. The Balaban J connectivity index is 2.03. The van der Waals surface area contributed by atoms with Crippen molar-refractivity contribution in [2.45, 2.75) is 6.42 Å². The molecule has 0 radical (unpaired) electrons. The molecule has 1 aromatic carbocycles. The van der Waals surface area contributed by atoms with Gasteiger partial charge in [-0.3, -0.25) is 0 Å². The van der Waals surface area contributed by atoms with Crippen LogP contribution >= 0.6 is 0 Å². The molecule has 0 spiro atoms. The van der Waals surface area contributed by atoms with E-state index in [0.717, 1.165) is 17.7 Å². The molecule has 0 unspecified atom stereocenters. The molecule has 2 rings (SSSR count). The number of benzene rings is 1. The van der Waals surface area contributed by atoms with E-state index in [2.05, 4.69) is 15.5 Å². The van der Waals surface area contributed by atoms with Gasteiger partial charge in [-0.15, -0.1) is 0 Å². The number of para-hydroxylation sites is 1. The molecule has 18 heavy (non-hydrogen) atoms. The first kappa shape index (κ1) is 12.2. The van der Waals surface area contributed by atoms with Gasteiger partial charge in [0.25, 0.3) is 0 Å². The first-order valence-electron chi connectivity index (χ1n) is 5.76. The summed E-state index contributed by atoms with van der Waals surface area (Å²) in [7, 11) is 1.37. The second-order valence-corrected chi connectivity index (χ2v) is 3.89. The molecule has 0 aliphatic rings. The van der Waals surface area contributed by atoms with Crippen LogP contribution in [-0.2, 0) is 16.0 Å². The maximum absolute atomic E-state index is 10.9. The van der Waals surface area contributed by atoms with Crippen LogP contribution in [0.2, 0.25) is 0 Å². The molecule has 0 atom stereocenters. The van der Waals surface area contributed by atoms with E-state index in [9.17, 15) is 4.79 Å². The third-order valence-electron chi connectivity index (χ3n) is 2.62. The van der Waals surface area contributed by atoms with E-state index in [1.807, 2.05) is 42.6 Å². The number of carbonyl (C=O) groups is 1. The lowest BCUT2D eigenvalue weighted by atomic mass is 10.2. The zero-order chi connectivity index (χ0) is 12.8. The Morgan fingerprint density at radius 1 is 1.28 bits per heavy atom. The number of rotatable bonds is 4. The second-order valence-electron chi connectivity index (χ2n) is 3.89. The SMILES string of the molecule is COC(=O)C=CCc1ccn(-c2ccccc2)c1. The molecule has 0 bridgehead atoms. The molecule has 0 saturated carbocycles. The fourth-order valence-electron chi connectivity index (χ4n) is 1.68. The lowest BCUT2D eigenvalue weighted by molar-refractivity contribution is -0.134. The van der Waals surface area contributed by atoms with Gasteiger partial charge in [0.2, 0.25) is 0 Å². The van der Waals surface area contributed by atoms with Crippen LogP contribution in [0.25, 0.3) is 5.69 Å². The number of carbonyl (C=O) groups excluding carboxylic acids is 1. The minimum absolute atomic E-state index is 0.322. The van der Waals surface area contributed by atoms with Gasteiger partial charge in [0.1, 0.15) is 0 Å². The molecule has 0 aliphatic heterocycles. The molecule has 0 aliphatic carbocycles. The number of aromatic nitrogens is 1. The maximum Gasteiger partial charge on any atom is 0.330 e. The number of allylic oxidation sites excluding steroid dienone is 1.